The van der Waals surface area contributed by atoms with Gasteiger partial charge in [0, 0.05) is 22.1 Å². The minimum atomic E-state index is 0.147. The molecule has 0 aliphatic heterocycles. The van der Waals surface area contributed by atoms with E-state index in [9.17, 15) is 10.2 Å². The minimum absolute atomic E-state index is 0.147. The standard InChI is InChI=1S/C12H10N2O2S/c13-5-1-3-7(15)11-9(5)10-6(14)2-4-8(16)12(10)17-11/h1-4,15-16H,13-14H2. The fraction of sp³-hybridized carbons (Fsp3) is 0. The molecule has 0 fully saturated rings. The van der Waals surface area contributed by atoms with Gasteiger partial charge in [0.1, 0.15) is 11.5 Å². The lowest BCUT2D eigenvalue weighted by Crippen LogP contribution is -1.88. The summed E-state index contributed by atoms with van der Waals surface area (Å²) in [4.78, 5) is 0. The first-order valence-electron chi connectivity index (χ1n) is 5.00. The molecule has 2 aromatic carbocycles. The van der Waals surface area contributed by atoms with E-state index in [1.54, 1.807) is 24.3 Å². The Morgan fingerprint density at radius 3 is 1.59 bits per heavy atom. The van der Waals surface area contributed by atoms with Crippen molar-refractivity contribution in [1.82, 2.24) is 0 Å². The lowest BCUT2D eigenvalue weighted by Gasteiger charge is -2.02. The van der Waals surface area contributed by atoms with E-state index in [4.69, 9.17) is 11.5 Å². The Bertz CT molecular complexity index is 687. The van der Waals surface area contributed by atoms with E-state index in [1.807, 2.05) is 0 Å². The predicted octanol–water partition coefficient (Wildman–Crippen LogP) is 2.63. The van der Waals surface area contributed by atoms with Gasteiger partial charge in [-0.25, -0.2) is 0 Å². The zero-order chi connectivity index (χ0) is 12.2. The number of nitrogens with two attached hydrogens (primary N) is 2. The first kappa shape index (κ1) is 10.0. The van der Waals surface area contributed by atoms with Gasteiger partial charge in [0.25, 0.3) is 0 Å². The van der Waals surface area contributed by atoms with Crippen LogP contribution < -0.4 is 11.5 Å². The first-order chi connectivity index (χ1) is 8.09. The van der Waals surface area contributed by atoms with E-state index in [1.165, 1.54) is 11.3 Å². The van der Waals surface area contributed by atoms with Crippen molar-refractivity contribution in [2.45, 2.75) is 0 Å². The molecule has 3 aromatic rings. The highest BCUT2D eigenvalue weighted by atomic mass is 32.1. The van der Waals surface area contributed by atoms with Gasteiger partial charge in [-0.15, -0.1) is 11.3 Å². The largest absolute Gasteiger partial charge is 0.506 e. The molecule has 0 aliphatic rings. The van der Waals surface area contributed by atoms with Gasteiger partial charge in [0.2, 0.25) is 0 Å². The van der Waals surface area contributed by atoms with Crippen LogP contribution in [0.3, 0.4) is 0 Å². The van der Waals surface area contributed by atoms with Crippen molar-refractivity contribution in [3.8, 4) is 11.5 Å². The first-order valence-corrected chi connectivity index (χ1v) is 5.82. The van der Waals surface area contributed by atoms with Crippen LogP contribution in [0.1, 0.15) is 0 Å². The molecular weight excluding hydrogens is 236 g/mol. The Kier molecular flexibility index (Phi) is 1.88. The van der Waals surface area contributed by atoms with Crippen LogP contribution in [-0.2, 0) is 0 Å². The second kappa shape index (κ2) is 3.18. The Balaban J connectivity index is 2.69. The maximum atomic E-state index is 9.81. The fourth-order valence-electron chi connectivity index (χ4n) is 2.00. The van der Waals surface area contributed by atoms with Crippen LogP contribution in [0.15, 0.2) is 24.3 Å². The molecule has 3 rings (SSSR count). The van der Waals surface area contributed by atoms with Crippen molar-refractivity contribution >= 4 is 42.9 Å². The van der Waals surface area contributed by atoms with Crippen LogP contribution >= 0.6 is 11.3 Å². The van der Waals surface area contributed by atoms with E-state index >= 15 is 0 Å². The number of thiophene rings is 1. The molecule has 0 saturated heterocycles. The zero-order valence-corrected chi connectivity index (χ0v) is 9.58. The van der Waals surface area contributed by atoms with Crippen molar-refractivity contribution in [3.05, 3.63) is 24.3 Å². The van der Waals surface area contributed by atoms with Crippen molar-refractivity contribution in [3.63, 3.8) is 0 Å². The van der Waals surface area contributed by atoms with E-state index in [0.717, 1.165) is 0 Å². The van der Waals surface area contributed by atoms with Gasteiger partial charge in [0.15, 0.2) is 0 Å². The molecule has 86 valence electrons. The number of rotatable bonds is 0. The third-order valence-electron chi connectivity index (χ3n) is 2.79. The molecule has 6 N–H and O–H groups in total. The molecule has 5 heteroatoms. The summed E-state index contributed by atoms with van der Waals surface area (Å²) < 4.78 is 1.29. The van der Waals surface area contributed by atoms with Crippen LogP contribution in [0, 0.1) is 0 Å². The molecule has 0 aliphatic carbocycles. The second-order valence-electron chi connectivity index (χ2n) is 3.86. The molecule has 0 spiro atoms. The van der Waals surface area contributed by atoms with Crippen molar-refractivity contribution in [2.75, 3.05) is 11.5 Å². The lowest BCUT2D eigenvalue weighted by atomic mass is 10.1. The van der Waals surface area contributed by atoms with Crippen LogP contribution in [0.5, 0.6) is 11.5 Å². The third-order valence-corrected chi connectivity index (χ3v) is 4.03. The summed E-state index contributed by atoms with van der Waals surface area (Å²) in [6.07, 6.45) is 0. The summed E-state index contributed by atoms with van der Waals surface area (Å²) in [5, 5.41) is 21.0. The summed E-state index contributed by atoms with van der Waals surface area (Å²) in [5.41, 5.74) is 12.9. The molecule has 0 unspecified atom stereocenters. The number of hydrogen-bond acceptors (Lipinski definition) is 5. The van der Waals surface area contributed by atoms with Gasteiger partial charge in [-0.05, 0) is 24.3 Å². The molecule has 0 saturated carbocycles. The number of phenols is 2. The molecule has 1 heterocycles. The fourth-order valence-corrected chi connectivity index (χ4v) is 3.19. The summed E-state index contributed by atoms with van der Waals surface area (Å²) in [5.74, 6) is 0.295. The average Bonchev–Trinajstić information content (AvgIpc) is 2.71. The topological polar surface area (TPSA) is 92.5 Å². The van der Waals surface area contributed by atoms with Crippen LogP contribution in [0.4, 0.5) is 11.4 Å². The highest BCUT2D eigenvalue weighted by Gasteiger charge is 2.15. The Labute approximate surface area is 101 Å². The Morgan fingerprint density at radius 2 is 1.18 bits per heavy atom. The number of nitrogen functional groups attached to an aromatic ring is 2. The Hall–Kier alpha value is -2.14. The van der Waals surface area contributed by atoms with Gasteiger partial charge < -0.3 is 21.7 Å². The molecule has 0 amide bonds. The van der Waals surface area contributed by atoms with Crippen LogP contribution in [-0.4, -0.2) is 10.2 Å². The van der Waals surface area contributed by atoms with Gasteiger partial charge in [-0.2, -0.15) is 0 Å². The number of anilines is 2. The van der Waals surface area contributed by atoms with Gasteiger partial charge in [-0.1, -0.05) is 0 Å². The lowest BCUT2D eigenvalue weighted by molar-refractivity contribution is 0.482. The number of fused-ring (bicyclic) bond motifs is 3. The van der Waals surface area contributed by atoms with Gasteiger partial charge in [0.05, 0.1) is 9.40 Å². The highest BCUT2D eigenvalue weighted by molar-refractivity contribution is 7.26. The zero-order valence-electron chi connectivity index (χ0n) is 8.77. The number of hydrogen-bond donors (Lipinski definition) is 4. The van der Waals surface area contributed by atoms with E-state index in [2.05, 4.69) is 0 Å². The van der Waals surface area contributed by atoms with Gasteiger partial charge in [-0.3, -0.25) is 0 Å². The molecule has 0 bridgehead atoms. The van der Waals surface area contributed by atoms with Crippen LogP contribution in [0.2, 0.25) is 0 Å². The number of benzene rings is 2. The van der Waals surface area contributed by atoms with Gasteiger partial charge >= 0.3 is 0 Å². The number of phenolic OH excluding ortho intramolecular Hbond substituents is 2. The minimum Gasteiger partial charge on any atom is -0.506 e. The van der Waals surface area contributed by atoms with Crippen molar-refractivity contribution in [1.29, 1.82) is 0 Å². The molecule has 0 radical (unpaired) electrons. The monoisotopic (exact) mass is 246 g/mol. The molecule has 0 atom stereocenters. The summed E-state index contributed by atoms with van der Waals surface area (Å²) >= 11 is 1.28. The SMILES string of the molecule is Nc1ccc(O)c2sc3c(O)ccc(N)c3c12. The summed E-state index contributed by atoms with van der Waals surface area (Å²) in [7, 11) is 0. The summed E-state index contributed by atoms with van der Waals surface area (Å²) in [6.45, 7) is 0. The molecule has 17 heavy (non-hydrogen) atoms. The number of aromatic hydroxyl groups is 2. The highest BCUT2D eigenvalue weighted by Crippen LogP contribution is 2.46. The van der Waals surface area contributed by atoms with Crippen LogP contribution in [0.25, 0.3) is 20.2 Å². The van der Waals surface area contributed by atoms with Crippen molar-refractivity contribution < 1.29 is 10.2 Å². The van der Waals surface area contributed by atoms with E-state index < -0.39 is 0 Å². The Morgan fingerprint density at radius 1 is 0.765 bits per heavy atom. The smallest absolute Gasteiger partial charge is 0.133 e. The quantitative estimate of drug-likeness (QED) is 0.362. The normalized spacial score (nSPS) is 11.3. The molecular formula is C12H10N2O2S. The predicted molar refractivity (Wildman–Crippen MR) is 71.5 cm³/mol. The maximum Gasteiger partial charge on any atom is 0.133 e. The molecule has 1 aromatic heterocycles. The average molecular weight is 246 g/mol. The van der Waals surface area contributed by atoms with E-state index in [-0.39, 0.29) is 11.5 Å². The maximum absolute atomic E-state index is 9.81. The van der Waals surface area contributed by atoms with Crippen molar-refractivity contribution in [2.24, 2.45) is 0 Å². The third kappa shape index (κ3) is 1.23. The van der Waals surface area contributed by atoms with E-state index in [0.29, 0.717) is 31.5 Å². The molecule has 4 nitrogen and oxygen atoms in total. The summed E-state index contributed by atoms with van der Waals surface area (Å²) in [6, 6.07) is 6.35. The second-order valence-corrected chi connectivity index (χ2v) is 4.88.